The van der Waals surface area contributed by atoms with Gasteiger partial charge in [-0.25, -0.2) is 9.37 Å². The van der Waals surface area contributed by atoms with E-state index in [1.54, 1.807) is 17.4 Å². The Labute approximate surface area is 125 Å². The van der Waals surface area contributed by atoms with Crippen molar-refractivity contribution in [1.29, 1.82) is 0 Å². The first-order valence-electron chi connectivity index (χ1n) is 5.76. The lowest BCUT2D eigenvalue weighted by molar-refractivity contribution is 0.310. The van der Waals surface area contributed by atoms with Crippen LogP contribution in [-0.2, 0) is 12.3 Å². The van der Waals surface area contributed by atoms with Gasteiger partial charge >= 0.3 is 0 Å². The third-order valence-corrected chi connectivity index (χ3v) is 3.95. The van der Waals surface area contributed by atoms with Crippen LogP contribution in [0.2, 0.25) is 5.02 Å². The fourth-order valence-corrected chi connectivity index (χ4v) is 2.74. The number of aryl methyl sites for hydroxylation is 1. The minimum absolute atomic E-state index is 0.0733. The molecule has 0 saturated heterocycles. The summed E-state index contributed by atoms with van der Waals surface area (Å²) in [6.07, 6.45) is 1.68. The largest absolute Gasteiger partial charge is 0.494 e. The van der Waals surface area contributed by atoms with E-state index in [1.165, 1.54) is 12.1 Å². The van der Waals surface area contributed by atoms with Crippen LogP contribution in [0.3, 0.4) is 0 Å². The summed E-state index contributed by atoms with van der Waals surface area (Å²) in [5.74, 6) is 0.582. The number of thiazole rings is 1. The van der Waals surface area contributed by atoms with Gasteiger partial charge < -0.3 is 4.74 Å². The molecule has 1 aromatic carbocycles. The van der Waals surface area contributed by atoms with Crippen LogP contribution in [0, 0.1) is 5.82 Å². The summed E-state index contributed by atoms with van der Waals surface area (Å²) < 4.78 is 18.4. The van der Waals surface area contributed by atoms with Crippen molar-refractivity contribution < 1.29 is 9.13 Å². The van der Waals surface area contributed by atoms with E-state index in [4.69, 9.17) is 27.9 Å². The number of rotatable bonds is 6. The average molecular weight is 320 g/mol. The van der Waals surface area contributed by atoms with Crippen LogP contribution in [0.4, 0.5) is 4.39 Å². The fraction of sp³-hybridized carbons (Fsp3) is 0.308. The SMILES string of the molecule is Fc1ccc(OCCCc2nc(CCl)cs2)cc1Cl. The minimum atomic E-state index is -0.439. The second kappa shape index (κ2) is 7.08. The molecule has 0 aliphatic heterocycles. The fourth-order valence-electron chi connectivity index (χ4n) is 1.51. The minimum Gasteiger partial charge on any atom is -0.494 e. The van der Waals surface area contributed by atoms with Crippen LogP contribution in [-0.4, -0.2) is 11.6 Å². The van der Waals surface area contributed by atoms with Crippen molar-refractivity contribution in [3.05, 3.63) is 45.1 Å². The van der Waals surface area contributed by atoms with Gasteiger partial charge in [0.25, 0.3) is 0 Å². The van der Waals surface area contributed by atoms with Crippen molar-refractivity contribution in [2.45, 2.75) is 18.7 Å². The summed E-state index contributed by atoms with van der Waals surface area (Å²) in [6, 6.07) is 4.34. The first-order valence-corrected chi connectivity index (χ1v) is 7.55. The molecule has 0 amide bonds. The standard InChI is InChI=1S/C13H12Cl2FNOS/c14-7-9-8-19-13(17-9)2-1-5-18-10-3-4-12(16)11(15)6-10/h3-4,6,8H,1-2,5,7H2. The van der Waals surface area contributed by atoms with Crippen molar-refractivity contribution in [2.75, 3.05) is 6.61 Å². The highest BCUT2D eigenvalue weighted by Gasteiger charge is 2.03. The monoisotopic (exact) mass is 319 g/mol. The molecule has 0 N–H and O–H groups in total. The highest BCUT2D eigenvalue weighted by atomic mass is 35.5. The van der Waals surface area contributed by atoms with Gasteiger partial charge in [-0.05, 0) is 18.6 Å². The zero-order valence-corrected chi connectivity index (χ0v) is 12.4. The quantitative estimate of drug-likeness (QED) is 0.569. The third-order valence-electron chi connectivity index (χ3n) is 2.43. The molecule has 19 heavy (non-hydrogen) atoms. The number of nitrogens with zero attached hydrogens (tertiary/aromatic N) is 1. The van der Waals surface area contributed by atoms with Crippen LogP contribution in [0.1, 0.15) is 17.1 Å². The van der Waals surface area contributed by atoms with Crippen molar-refractivity contribution in [3.8, 4) is 5.75 Å². The maximum absolute atomic E-state index is 12.9. The summed E-state index contributed by atoms with van der Waals surface area (Å²) in [6.45, 7) is 0.539. The number of halogens is 3. The summed E-state index contributed by atoms with van der Waals surface area (Å²) >= 11 is 13.0. The zero-order chi connectivity index (χ0) is 13.7. The Hall–Kier alpha value is -0.840. The molecule has 2 aromatic rings. The van der Waals surface area contributed by atoms with Crippen LogP contribution < -0.4 is 4.74 Å². The van der Waals surface area contributed by atoms with Gasteiger partial charge in [-0.15, -0.1) is 22.9 Å². The van der Waals surface area contributed by atoms with Gasteiger partial charge in [-0.2, -0.15) is 0 Å². The van der Waals surface area contributed by atoms with Gasteiger partial charge in [0.05, 0.1) is 28.2 Å². The molecule has 1 aromatic heterocycles. The van der Waals surface area contributed by atoms with E-state index in [1.807, 2.05) is 5.38 Å². The maximum atomic E-state index is 12.9. The molecule has 102 valence electrons. The van der Waals surface area contributed by atoms with Crippen LogP contribution in [0.5, 0.6) is 5.75 Å². The summed E-state index contributed by atoms with van der Waals surface area (Å²) in [4.78, 5) is 4.36. The zero-order valence-electron chi connectivity index (χ0n) is 10.0. The molecule has 0 aliphatic carbocycles. The van der Waals surface area contributed by atoms with Crippen molar-refractivity contribution >= 4 is 34.5 Å². The van der Waals surface area contributed by atoms with E-state index < -0.39 is 5.82 Å². The molecule has 1 heterocycles. The molecule has 2 rings (SSSR count). The third kappa shape index (κ3) is 4.34. The summed E-state index contributed by atoms with van der Waals surface area (Å²) in [5.41, 5.74) is 0.910. The molecule has 0 unspecified atom stereocenters. The number of aromatic nitrogens is 1. The van der Waals surface area contributed by atoms with Gasteiger partial charge in [0.2, 0.25) is 0 Å². The molecular formula is C13H12Cl2FNOS. The first-order chi connectivity index (χ1) is 9.19. The molecule has 0 aliphatic rings. The average Bonchev–Trinajstić information content (AvgIpc) is 2.87. The van der Waals surface area contributed by atoms with E-state index >= 15 is 0 Å². The smallest absolute Gasteiger partial charge is 0.142 e. The molecule has 0 atom stereocenters. The van der Waals surface area contributed by atoms with Crippen LogP contribution >= 0.6 is 34.5 Å². The normalized spacial score (nSPS) is 10.7. The Morgan fingerprint density at radius 2 is 2.21 bits per heavy atom. The summed E-state index contributed by atoms with van der Waals surface area (Å²) in [5, 5.41) is 3.09. The van der Waals surface area contributed by atoms with Gasteiger partial charge in [0.1, 0.15) is 11.6 Å². The lowest BCUT2D eigenvalue weighted by atomic mass is 10.3. The van der Waals surface area contributed by atoms with E-state index in [-0.39, 0.29) is 5.02 Å². The molecule has 0 bridgehead atoms. The van der Waals surface area contributed by atoms with Crippen molar-refractivity contribution in [3.63, 3.8) is 0 Å². The maximum Gasteiger partial charge on any atom is 0.142 e. The van der Waals surface area contributed by atoms with Gasteiger partial charge in [0.15, 0.2) is 0 Å². The lowest BCUT2D eigenvalue weighted by Crippen LogP contribution is -1.99. The lowest BCUT2D eigenvalue weighted by Gasteiger charge is -2.05. The summed E-state index contributed by atoms with van der Waals surface area (Å²) in [7, 11) is 0. The van der Waals surface area contributed by atoms with E-state index in [0.29, 0.717) is 18.2 Å². The molecule has 6 heteroatoms. The number of hydrogen-bond donors (Lipinski definition) is 0. The first kappa shape index (κ1) is 14.6. The van der Waals surface area contributed by atoms with E-state index in [2.05, 4.69) is 4.98 Å². The van der Waals surface area contributed by atoms with Gasteiger partial charge in [0, 0.05) is 17.9 Å². The van der Waals surface area contributed by atoms with E-state index in [9.17, 15) is 4.39 Å². The molecular weight excluding hydrogens is 308 g/mol. The Balaban J connectivity index is 1.75. The second-order valence-electron chi connectivity index (χ2n) is 3.89. The Kier molecular flexibility index (Phi) is 5.43. The van der Waals surface area contributed by atoms with Gasteiger partial charge in [-0.3, -0.25) is 0 Å². The van der Waals surface area contributed by atoms with Crippen LogP contribution in [0.15, 0.2) is 23.6 Å². The molecule has 2 nitrogen and oxygen atoms in total. The molecule has 0 radical (unpaired) electrons. The Morgan fingerprint density at radius 1 is 1.37 bits per heavy atom. The predicted molar refractivity (Wildman–Crippen MR) is 76.9 cm³/mol. The number of ether oxygens (including phenoxy) is 1. The highest BCUT2D eigenvalue weighted by molar-refractivity contribution is 7.09. The second-order valence-corrected chi connectivity index (χ2v) is 5.51. The molecule has 0 saturated carbocycles. The molecule has 0 spiro atoms. The number of benzene rings is 1. The van der Waals surface area contributed by atoms with E-state index in [0.717, 1.165) is 23.5 Å². The number of hydrogen-bond acceptors (Lipinski definition) is 3. The Bertz CT molecular complexity index is 547. The Morgan fingerprint density at radius 3 is 2.89 bits per heavy atom. The van der Waals surface area contributed by atoms with Gasteiger partial charge in [-0.1, -0.05) is 11.6 Å². The predicted octanol–water partition coefficient (Wildman–Crippen LogP) is 4.69. The number of alkyl halides is 1. The van der Waals surface area contributed by atoms with Crippen molar-refractivity contribution in [1.82, 2.24) is 4.98 Å². The van der Waals surface area contributed by atoms with Crippen LogP contribution in [0.25, 0.3) is 0 Å². The van der Waals surface area contributed by atoms with Crippen molar-refractivity contribution in [2.24, 2.45) is 0 Å². The highest BCUT2D eigenvalue weighted by Crippen LogP contribution is 2.21. The topological polar surface area (TPSA) is 22.1 Å². The molecule has 0 fully saturated rings.